The van der Waals surface area contributed by atoms with Gasteiger partial charge < -0.3 is 15.2 Å². The first-order valence-electron chi connectivity index (χ1n) is 10.5. The van der Waals surface area contributed by atoms with Crippen LogP contribution in [0.1, 0.15) is 55.2 Å². The van der Waals surface area contributed by atoms with Crippen molar-refractivity contribution in [2.45, 2.75) is 52.4 Å². The van der Waals surface area contributed by atoms with Gasteiger partial charge in [-0.1, -0.05) is 49.9 Å². The first-order chi connectivity index (χ1) is 14.4. The van der Waals surface area contributed by atoms with Gasteiger partial charge in [-0.3, -0.25) is 4.79 Å². The van der Waals surface area contributed by atoms with Crippen LogP contribution < -0.4 is 10.1 Å². The second-order valence-electron chi connectivity index (χ2n) is 7.97. The number of amides is 1. The number of hydrogen-bond acceptors (Lipinski definition) is 3. The Kier molecular flexibility index (Phi) is 7.28. The van der Waals surface area contributed by atoms with Gasteiger partial charge in [-0.2, -0.15) is 0 Å². The van der Waals surface area contributed by atoms with E-state index in [9.17, 15) is 14.7 Å². The van der Waals surface area contributed by atoms with Gasteiger partial charge in [-0.25, -0.2) is 4.79 Å². The Morgan fingerprint density at radius 2 is 1.80 bits per heavy atom. The number of carbonyl (C=O) groups is 2. The summed E-state index contributed by atoms with van der Waals surface area (Å²) < 4.78 is 5.94. The van der Waals surface area contributed by atoms with Crippen molar-refractivity contribution in [3.05, 3.63) is 64.9 Å². The molecule has 0 spiro atoms. The molecule has 2 aromatic carbocycles. The average Bonchev–Trinajstić information content (AvgIpc) is 3.24. The zero-order valence-corrected chi connectivity index (χ0v) is 17.6. The number of benzene rings is 2. The Morgan fingerprint density at radius 1 is 1.10 bits per heavy atom. The average molecular weight is 408 g/mol. The van der Waals surface area contributed by atoms with E-state index in [2.05, 4.69) is 5.32 Å². The van der Waals surface area contributed by atoms with Gasteiger partial charge in [0.15, 0.2) is 0 Å². The largest absolute Gasteiger partial charge is 0.477 e. The molecule has 2 aromatic rings. The molecule has 1 saturated carbocycles. The zero-order chi connectivity index (χ0) is 21.5. The number of nitrogens with one attached hydrogen (secondary N) is 1. The molecule has 0 atom stereocenters. The molecule has 0 radical (unpaired) electrons. The number of carbonyl (C=O) groups excluding carboxylic acids is 1. The lowest BCUT2D eigenvalue weighted by atomic mass is 10.0. The molecule has 30 heavy (non-hydrogen) atoms. The van der Waals surface area contributed by atoms with E-state index in [1.54, 1.807) is 24.3 Å². The number of aryl methyl sites for hydroxylation is 1. The van der Waals surface area contributed by atoms with Crippen molar-refractivity contribution in [1.29, 1.82) is 0 Å². The molecule has 0 heterocycles. The SMILES string of the molecule is Cc1cccc(Oc2ccc(C=C(NC(=O)CCC3CCCC3)C(=O)O)cc2)c1C. The van der Waals surface area contributed by atoms with Crippen LogP contribution in [0.4, 0.5) is 0 Å². The standard InChI is InChI=1S/C25H29NO4/c1-17-6-5-9-23(18(17)2)30-21-13-10-20(11-14-21)16-22(25(28)29)26-24(27)15-12-19-7-3-4-8-19/h5-6,9-11,13-14,16,19H,3-4,7-8,12,15H2,1-2H3,(H,26,27)(H,28,29). The van der Waals surface area contributed by atoms with Crippen molar-refractivity contribution in [2.75, 3.05) is 0 Å². The molecule has 158 valence electrons. The lowest BCUT2D eigenvalue weighted by Crippen LogP contribution is -2.27. The van der Waals surface area contributed by atoms with E-state index in [1.807, 2.05) is 32.0 Å². The van der Waals surface area contributed by atoms with Crippen LogP contribution in [-0.2, 0) is 9.59 Å². The van der Waals surface area contributed by atoms with Gasteiger partial charge in [0.2, 0.25) is 5.91 Å². The van der Waals surface area contributed by atoms with Gasteiger partial charge in [0.05, 0.1) is 0 Å². The second kappa shape index (κ2) is 10.1. The summed E-state index contributed by atoms with van der Waals surface area (Å²) in [6.07, 6.45) is 7.46. The lowest BCUT2D eigenvalue weighted by molar-refractivity contribution is -0.134. The molecule has 1 aliphatic rings. The predicted molar refractivity (Wildman–Crippen MR) is 117 cm³/mol. The molecule has 5 nitrogen and oxygen atoms in total. The molecular weight excluding hydrogens is 378 g/mol. The molecule has 0 saturated heterocycles. The van der Waals surface area contributed by atoms with E-state index in [0.29, 0.717) is 23.7 Å². The van der Waals surface area contributed by atoms with Gasteiger partial charge in [0, 0.05) is 6.42 Å². The van der Waals surface area contributed by atoms with Crippen LogP contribution in [0.25, 0.3) is 6.08 Å². The summed E-state index contributed by atoms with van der Waals surface area (Å²) >= 11 is 0. The van der Waals surface area contributed by atoms with Crippen LogP contribution in [-0.4, -0.2) is 17.0 Å². The third-order valence-electron chi connectivity index (χ3n) is 5.73. The summed E-state index contributed by atoms with van der Waals surface area (Å²) in [7, 11) is 0. The Hall–Kier alpha value is -3.08. The van der Waals surface area contributed by atoms with E-state index in [4.69, 9.17) is 4.74 Å². The molecule has 5 heteroatoms. The molecule has 0 aliphatic heterocycles. The lowest BCUT2D eigenvalue weighted by Gasteiger charge is -2.11. The van der Waals surface area contributed by atoms with Crippen molar-refractivity contribution in [1.82, 2.24) is 5.32 Å². The minimum absolute atomic E-state index is 0.116. The Bertz CT molecular complexity index is 925. The molecule has 3 rings (SSSR count). The summed E-state index contributed by atoms with van der Waals surface area (Å²) in [6, 6.07) is 13.0. The van der Waals surface area contributed by atoms with Crippen LogP contribution >= 0.6 is 0 Å². The number of hydrogen-bond donors (Lipinski definition) is 2. The predicted octanol–water partition coefficient (Wildman–Crippen LogP) is 5.61. The Labute approximate surface area is 177 Å². The second-order valence-corrected chi connectivity index (χ2v) is 7.97. The van der Waals surface area contributed by atoms with Crippen LogP contribution in [0, 0.1) is 19.8 Å². The van der Waals surface area contributed by atoms with E-state index < -0.39 is 5.97 Å². The van der Waals surface area contributed by atoms with Crippen molar-refractivity contribution >= 4 is 18.0 Å². The van der Waals surface area contributed by atoms with Gasteiger partial charge in [-0.15, -0.1) is 0 Å². The van der Waals surface area contributed by atoms with Gasteiger partial charge in [0.25, 0.3) is 0 Å². The first-order valence-corrected chi connectivity index (χ1v) is 10.5. The summed E-state index contributed by atoms with van der Waals surface area (Å²) in [5.41, 5.74) is 2.79. The van der Waals surface area contributed by atoms with Crippen molar-refractivity contribution < 1.29 is 19.4 Å². The van der Waals surface area contributed by atoms with Crippen molar-refractivity contribution in [3.63, 3.8) is 0 Å². The fraction of sp³-hybridized carbons (Fsp3) is 0.360. The number of ether oxygens (including phenoxy) is 1. The zero-order valence-electron chi connectivity index (χ0n) is 17.6. The molecule has 2 N–H and O–H groups in total. The number of carboxylic acid groups (broad SMARTS) is 1. The van der Waals surface area contributed by atoms with Crippen LogP contribution in [0.15, 0.2) is 48.2 Å². The summed E-state index contributed by atoms with van der Waals surface area (Å²) in [4.78, 5) is 23.8. The molecular formula is C25H29NO4. The Morgan fingerprint density at radius 3 is 2.47 bits per heavy atom. The van der Waals surface area contributed by atoms with Crippen molar-refractivity contribution in [3.8, 4) is 11.5 Å². The highest BCUT2D eigenvalue weighted by Crippen LogP contribution is 2.29. The monoisotopic (exact) mass is 407 g/mol. The summed E-state index contributed by atoms with van der Waals surface area (Å²) in [5, 5.41) is 12.0. The number of rotatable bonds is 8. The quantitative estimate of drug-likeness (QED) is 0.558. The third-order valence-corrected chi connectivity index (χ3v) is 5.73. The van der Waals surface area contributed by atoms with E-state index >= 15 is 0 Å². The molecule has 1 aliphatic carbocycles. The normalized spacial score (nSPS) is 14.5. The van der Waals surface area contributed by atoms with E-state index in [0.717, 1.165) is 23.3 Å². The van der Waals surface area contributed by atoms with Crippen LogP contribution in [0.5, 0.6) is 11.5 Å². The van der Waals surface area contributed by atoms with Crippen LogP contribution in [0.3, 0.4) is 0 Å². The smallest absolute Gasteiger partial charge is 0.352 e. The number of aliphatic carboxylic acids is 1. The fourth-order valence-electron chi connectivity index (χ4n) is 3.76. The summed E-state index contributed by atoms with van der Waals surface area (Å²) in [5.74, 6) is 0.653. The summed E-state index contributed by atoms with van der Waals surface area (Å²) in [6.45, 7) is 4.04. The topological polar surface area (TPSA) is 75.6 Å². The van der Waals surface area contributed by atoms with E-state index in [1.165, 1.54) is 31.8 Å². The number of carboxylic acids is 1. The Balaban J connectivity index is 1.63. The molecule has 0 unspecified atom stereocenters. The first kappa shape index (κ1) is 21.6. The minimum atomic E-state index is -1.15. The maximum absolute atomic E-state index is 12.2. The third kappa shape index (κ3) is 5.96. The van der Waals surface area contributed by atoms with Gasteiger partial charge in [-0.05, 0) is 67.2 Å². The highest BCUT2D eigenvalue weighted by molar-refractivity contribution is 5.96. The van der Waals surface area contributed by atoms with Gasteiger partial charge in [0.1, 0.15) is 17.2 Å². The fourth-order valence-corrected chi connectivity index (χ4v) is 3.76. The molecule has 1 fully saturated rings. The van der Waals surface area contributed by atoms with E-state index in [-0.39, 0.29) is 11.6 Å². The van der Waals surface area contributed by atoms with Crippen LogP contribution in [0.2, 0.25) is 0 Å². The molecule has 1 amide bonds. The van der Waals surface area contributed by atoms with Crippen molar-refractivity contribution in [2.24, 2.45) is 5.92 Å². The minimum Gasteiger partial charge on any atom is -0.477 e. The molecule has 0 bridgehead atoms. The molecule has 0 aromatic heterocycles. The van der Waals surface area contributed by atoms with Gasteiger partial charge >= 0.3 is 5.97 Å². The maximum Gasteiger partial charge on any atom is 0.352 e. The highest BCUT2D eigenvalue weighted by Gasteiger charge is 2.17. The highest BCUT2D eigenvalue weighted by atomic mass is 16.5. The maximum atomic E-state index is 12.2.